The molecule has 76 valence electrons. The van der Waals surface area contributed by atoms with E-state index in [1.807, 2.05) is 6.07 Å². The number of nitrogens with one attached hydrogen (secondary N) is 1. The number of hydrogen-bond acceptors (Lipinski definition) is 2. The Balaban J connectivity index is 2.41. The molecule has 0 saturated carbocycles. The second-order valence-electron chi connectivity index (χ2n) is 3.29. The van der Waals surface area contributed by atoms with Crippen LogP contribution in [0.1, 0.15) is 15.9 Å². The third kappa shape index (κ3) is 1.74. The molecule has 2 aromatic rings. The molecule has 0 amide bonds. The van der Waals surface area contributed by atoms with E-state index in [0.29, 0.717) is 11.1 Å². The molecule has 1 N–H and O–H groups in total. The van der Waals surface area contributed by atoms with Crippen LogP contribution in [0.3, 0.4) is 0 Å². The van der Waals surface area contributed by atoms with Crippen LogP contribution in [0.15, 0.2) is 41.3 Å². The molecular formula is C11H10N2O2. The average molecular weight is 202 g/mol. The molecule has 2 rings (SSSR count). The van der Waals surface area contributed by atoms with Crippen molar-refractivity contribution in [3.8, 4) is 0 Å². The third-order valence-electron chi connectivity index (χ3n) is 2.14. The van der Waals surface area contributed by atoms with Gasteiger partial charge in [0.25, 0.3) is 11.5 Å². The Kier molecular flexibility index (Phi) is 2.25. The summed E-state index contributed by atoms with van der Waals surface area (Å²) in [4.78, 5) is 23.0. The minimum Gasteiger partial charge on any atom is -0.268 e. The quantitative estimate of drug-likeness (QED) is 0.754. The number of carbonyl (C=O) groups excluding carboxylic acids is 1. The van der Waals surface area contributed by atoms with Gasteiger partial charge in [-0.2, -0.15) is 0 Å². The first kappa shape index (κ1) is 9.45. The topological polar surface area (TPSA) is 54.9 Å². The van der Waals surface area contributed by atoms with Gasteiger partial charge in [0.2, 0.25) is 0 Å². The predicted octanol–water partition coefficient (Wildman–Crippen LogP) is 1.17. The van der Waals surface area contributed by atoms with Gasteiger partial charge in [0.15, 0.2) is 0 Å². The molecular weight excluding hydrogens is 192 g/mol. The van der Waals surface area contributed by atoms with E-state index in [0.717, 1.165) is 0 Å². The molecule has 0 aliphatic carbocycles. The molecule has 0 fully saturated rings. The average Bonchev–Trinajstić information content (AvgIpc) is 2.59. The van der Waals surface area contributed by atoms with Crippen molar-refractivity contribution in [2.45, 2.75) is 6.92 Å². The third-order valence-corrected chi connectivity index (χ3v) is 2.14. The van der Waals surface area contributed by atoms with Crippen LogP contribution in [0.4, 0.5) is 0 Å². The first-order valence-electron chi connectivity index (χ1n) is 4.56. The van der Waals surface area contributed by atoms with E-state index in [2.05, 4.69) is 5.10 Å². The summed E-state index contributed by atoms with van der Waals surface area (Å²) in [5.41, 5.74) is 0.835. The molecule has 0 radical (unpaired) electrons. The zero-order chi connectivity index (χ0) is 10.8. The van der Waals surface area contributed by atoms with Crippen LogP contribution < -0.4 is 5.56 Å². The molecule has 4 heteroatoms. The molecule has 0 saturated heterocycles. The molecule has 1 aromatic heterocycles. The normalized spacial score (nSPS) is 10.2. The van der Waals surface area contributed by atoms with Crippen molar-refractivity contribution in [2.24, 2.45) is 0 Å². The van der Waals surface area contributed by atoms with Gasteiger partial charge >= 0.3 is 0 Å². The number of aromatic nitrogens is 2. The first-order chi connectivity index (χ1) is 7.18. The van der Waals surface area contributed by atoms with Gasteiger partial charge in [-0.3, -0.25) is 14.7 Å². The van der Waals surface area contributed by atoms with E-state index >= 15 is 0 Å². The van der Waals surface area contributed by atoms with Crippen LogP contribution in [0.2, 0.25) is 0 Å². The van der Waals surface area contributed by atoms with Gasteiger partial charge in [-0.15, -0.1) is 0 Å². The number of aryl methyl sites for hydroxylation is 1. The molecule has 4 nitrogen and oxygen atoms in total. The fourth-order valence-corrected chi connectivity index (χ4v) is 1.31. The fourth-order valence-electron chi connectivity index (χ4n) is 1.31. The molecule has 1 aromatic carbocycles. The maximum absolute atomic E-state index is 11.8. The van der Waals surface area contributed by atoms with Gasteiger partial charge < -0.3 is 0 Å². The van der Waals surface area contributed by atoms with Gasteiger partial charge in [0.05, 0.1) is 0 Å². The highest BCUT2D eigenvalue weighted by Crippen LogP contribution is 2.01. The summed E-state index contributed by atoms with van der Waals surface area (Å²) in [6.45, 7) is 1.66. The standard InChI is InChI=1S/C11H10N2O2/c1-8-7-13(12-10(8)14)11(15)9-5-3-2-4-6-9/h2-7H,1H3,(H,12,14). The number of aromatic amines is 1. The van der Waals surface area contributed by atoms with Gasteiger partial charge in [-0.05, 0) is 19.1 Å². The lowest BCUT2D eigenvalue weighted by Gasteiger charge is -1.99. The highest BCUT2D eigenvalue weighted by atomic mass is 16.2. The maximum atomic E-state index is 11.8. The van der Waals surface area contributed by atoms with E-state index in [1.165, 1.54) is 10.9 Å². The Labute approximate surface area is 86.1 Å². The minimum atomic E-state index is -0.237. The molecule has 0 aliphatic heterocycles. The van der Waals surface area contributed by atoms with Gasteiger partial charge in [-0.25, -0.2) is 4.68 Å². The van der Waals surface area contributed by atoms with Crippen molar-refractivity contribution in [3.05, 3.63) is 58.0 Å². The molecule has 0 atom stereocenters. The lowest BCUT2D eigenvalue weighted by atomic mass is 10.2. The predicted molar refractivity (Wildman–Crippen MR) is 56.0 cm³/mol. The van der Waals surface area contributed by atoms with Gasteiger partial charge in [-0.1, -0.05) is 18.2 Å². The van der Waals surface area contributed by atoms with Crippen molar-refractivity contribution >= 4 is 5.91 Å². The zero-order valence-electron chi connectivity index (χ0n) is 8.23. The number of rotatable bonds is 1. The zero-order valence-corrected chi connectivity index (χ0v) is 8.23. The number of hydrogen-bond donors (Lipinski definition) is 1. The van der Waals surface area contributed by atoms with Gasteiger partial charge in [0.1, 0.15) is 0 Å². The monoisotopic (exact) mass is 202 g/mol. The van der Waals surface area contributed by atoms with E-state index in [1.54, 1.807) is 31.2 Å². The SMILES string of the molecule is Cc1cn(C(=O)c2ccccc2)[nH]c1=O. The van der Waals surface area contributed by atoms with Crippen LogP contribution in [0.25, 0.3) is 0 Å². The number of benzene rings is 1. The summed E-state index contributed by atoms with van der Waals surface area (Å²) in [7, 11) is 0. The van der Waals surface area contributed by atoms with Crippen molar-refractivity contribution < 1.29 is 4.79 Å². The molecule has 15 heavy (non-hydrogen) atoms. The summed E-state index contributed by atoms with van der Waals surface area (Å²) in [5.74, 6) is -0.235. The van der Waals surface area contributed by atoms with E-state index < -0.39 is 0 Å². The molecule has 0 aliphatic rings. The van der Waals surface area contributed by atoms with Crippen molar-refractivity contribution in [3.63, 3.8) is 0 Å². The highest BCUT2D eigenvalue weighted by Gasteiger charge is 2.08. The van der Waals surface area contributed by atoms with Crippen LogP contribution >= 0.6 is 0 Å². The summed E-state index contributed by atoms with van der Waals surface area (Å²) < 4.78 is 1.20. The first-order valence-corrected chi connectivity index (χ1v) is 4.56. The fraction of sp³-hybridized carbons (Fsp3) is 0.0909. The maximum Gasteiger partial charge on any atom is 0.276 e. The summed E-state index contributed by atoms with van der Waals surface area (Å²) >= 11 is 0. The molecule has 0 bridgehead atoms. The van der Waals surface area contributed by atoms with Crippen LogP contribution in [0.5, 0.6) is 0 Å². The van der Waals surface area contributed by atoms with E-state index in [9.17, 15) is 9.59 Å². The van der Waals surface area contributed by atoms with Crippen LogP contribution in [-0.4, -0.2) is 15.7 Å². The number of H-pyrrole nitrogens is 1. The second-order valence-corrected chi connectivity index (χ2v) is 3.29. The number of nitrogens with zero attached hydrogens (tertiary/aromatic N) is 1. The Morgan fingerprint density at radius 1 is 1.27 bits per heavy atom. The lowest BCUT2D eigenvalue weighted by molar-refractivity contribution is 0.0944. The van der Waals surface area contributed by atoms with E-state index in [4.69, 9.17) is 0 Å². The van der Waals surface area contributed by atoms with Gasteiger partial charge in [0, 0.05) is 17.3 Å². The van der Waals surface area contributed by atoms with Crippen LogP contribution in [-0.2, 0) is 0 Å². The van der Waals surface area contributed by atoms with Crippen molar-refractivity contribution in [2.75, 3.05) is 0 Å². The van der Waals surface area contributed by atoms with E-state index in [-0.39, 0.29) is 11.5 Å². The minimum absolute atomic E-state index is 0.235. The van der Waals surface area contributed by atoms with Crippen molar-refractivity contribution in [1.82, 2.24) is 9.78 Å². The number of carbonyl (C=O) groups is 1. The molecule has 0 unspecified atom stereocenters. The Morgan fingerprint density at radius 3 is 2.47 bits per heavy atom. The Bertz CT molecular complexity index is 537. The lowest BCUT2D eigenvalue weighted by Crippen LogP contribution is -2.15. The highest BCUT2D eigenvalue weighted by molar-refractivity contribution is 5.95. The summed E-state index contributed by atoms with van der Waals surface area (Å²) in [5, 5.41) is 2.45. The van der Waals surface area contributed by atoms with Crippen LogP contribution in [0, 0.1) is 6.92 Å². The second kappa shape index (κ2) is 3.57. The summed E-state index contributed by atoms with van der Waals surface area (Å²) in [6, 6.07) is 8.80. The summed E-state index contributed by atoms with van der Waals surface area (Å²) in [6.07, 6.45) is 1.50. The Hall–Kier alpha value is -2.10. The smallest absolute Gasteiger partial charge is 0.268 e. The largest absolute Gasteiger partial charge is 0.276 e. The van der Waals surface area contributed by atoms with Crippen molar-refractivity contribution in [1.29, 1.82) is 0 Å². The Morgan fingerprint density at radius 2 is 1.93 bits per heavy atom. The molecule has 0 spiro atoms. The molecule has 1 heterocycles.